The molecule has 0 unspecified atom stereocenters. The van der Waals surface area contributed by atoms with Crippen molar-refractivity contribution in [1.82, 2.24) is 4.90 Å². The molecule has 10 heteroatoms. The Hall–Kier alpha value is -4.65. The fourth-order valence-corrected chi connectivity index (χ4v) is 4.37. The number of urea groups is 1. The van der Waals surface area contributed by atoms with E-state index in [0.717, 1.165) is 28.8 Å². The Kier molecular flexibility index (Phi) is 6.72. The summed E-state index contributed by atoms with van der Waals surface area (Å²) in [6.07, 6.45) is -4.41. The van der Waals surface area contributed by atoms with E-state index in [-0.39, 0.29) is 17.8 Å². The van der Waals surface area contributed by atoms with Gasteiger partial charge in [-0.1, -0.05) is 36.4 Å². The minimum atomic E-state index is -4.84. The Morgan fingerprint density at radius 2 is 1.63 bits per heavy atom. The van der Waals surface area contributed by atoms with Crippen LogP contribution in [-0.4, -0.2) is 33.5 Å². The molecule has 4 rings (SSSR count). The van der Waals surface area contributed by atoms with Gasteiger partial charge in [-0.2, -0.15) is 18.4 Å². The van der Waals surface area contributed by atoms with Gasteiger partial charge < -0.3 is 10.0 Å². The first-order valence-corrected chi connectivity index (χ1v) is 11.5. The summed E-state index contributed by atoms with van der Waals surface area (Å²) in [4.78, 5) is 39.9. The van der Waals surface area contributed by atoms with Crippen LogP contribution in [0.3, 0.4) is 0 Å². The van der Waals surface area contributed by atoms with Gasteiger partial charge in [0.2, 0.25) is 0 Å². The summed E-state index contributed by atoms with van der Waals surface area (Å²) in [5, 5.41) is 18.2. The molecular formula is C28H22F3N3O4. The molecule has 38 heavy (non-hydrogen) atoms. The van der Waals surface area contributed by atoms with Crippen LogP contribution in [0.25, 0.3) is 0 Å². The highest BCUT2D eigenvalue weighted by Crippen LogP contribution is 2.38. The zero-order valence-electron chi connectivity index (χ0n) is 20.4. The molecule has 3 aromatic rings. The average Bonchev–Trinajstić information content (AvgIpc) is 3.03. The van der Waals surface area contributed by atoms with E-state index in [1.807, 2.05) is 12.1 Å². The number of carbonyl (C=O) groups excluding carboxylic acids is 2. The van der Waals surface area contributed by atoms with Crippen molar-refractivity contribution >= 4 is 23.6 Å². The number of hydrogen-bond acceptors (Lipinski definition) is 4. The quantitative estimate of drug-likeness (QED) is 0.425. The van der Waals surface area contributed by atoms with Crippen molar-refractivity contribution in [2.24, 2.45) is 0 Å². The zero-order valence-corrected chi connectivity index (χ0v) is 20.4. The molecule has 3 amide bonds. The number of nitrogens with zero attached hydrogens (tertiary/aromatic N) is 3. The lowest BCUT2D eigenvalue weighted by atomic mass is 9.97. The number of benzene rings is 3. The number of carboxylic acid groups (broad SMARTS) is 1. The summed E-state index contributed by atoms with van der Waals surface area (Å²) in [5.74, 6) is -1.73. The fraction of sp³-hybridized carbons (Fsp3) is 0.214. The number of rotatable bonds is 6. The van der Waals surface area contributed by atoms with Gasteiger partial charge in [0.25, 0.3) is 5.91 Å². The van der Waals surface area contributed by atoms with Crippen molar-refractivity contribution < 1.29 is 32.7 Å². The molecule has 1 heterocycles. The lowest BCUT2D eigenvalue weighted by Gasteiger charge is -2.28. The molecule has 3 aromatic carbocycles. The minimum Gasteiger partial charge on any atom is -0.478 e. The number of carbonyl (C=O) groups is 3. The van der Waals surface area contributed by atoms with Crippen LogP contribution in [0.2, 0.25) is 0 Å². The normalized spacial score (nSPS) is 15.1. The standard InChI is InChI=1S/C28H22F3N3O4/c1-27(2)25(37)34(22-12-11-20(15-32)23(14-22)28(29,30)31)26(38)33(27)16-21-6-4-3-5-19(21)13-17-7-9-18(10-8-17)24(35)36/h3-12,14H,13,16H2,1-2H3,(H,35,36). The number of halogens is 3. The second kappa shape index (κ2) is 9.67. The van der Waals surface area contributed by atoms with Crippen LogP contribution in [0.15, 0.2) is 66.7 Å². The number of hydrogen-bond donors (Lipinski definition) is 1. The number of nitriles is 1. The fourth-order valence-electron chi connectivity index (χ4n) is 4.37. The Balaban J connectivity index is 1.65. The van der Waals surface area contributed by atoms with Gasteiger partial charge in [-0.3, -0.25) is 4.79 Å². The Labute approximate surface area is 216 Å². The van der Waals surface area contributed by atoms with Crippen LogP contribution >= 0.6 is 0 Å². The van der Waals surface area contributed by atoms with E-state index in [1.54, 1.807) is 24.3 Å². The van der Waals surface area contributed by atoms with E-state index in [1.165, 1.54) is 36.9 Å². The highest BCUT2D eigenvalue weighted by molar-refractivity contribution is 6.23. The molecule has 1 N–H and O–H groups in total. The van der Waals surface area contributed by atoms with Crippen LogP contribution in [0, 0.1) is 11.3 Å². The number of amides is 3. The van der Waals surface area contributed by atoms with E-state index in [2.05, 4.69) is 0 Å². The van der Waals surface area contributed by atoms with Crippen molar-refractivity contribution in [1.29, 1.82) is 5.26 Å². The molecule has 0 aromatic heterocycles. The molecule has 1 aliphatic heterocycles. The van der Waals surface area contributed by atoms with Gasteiger partial charge >= 0.3 is 18.2 Å². The van der Waals surface area contributed by atoms with Crippen molar-refractivity contribution in [2.45, 2.75) is 38.5 Å². The maximum atomic E-state index is 13.5. The van der Waals surface area contributed by atoms with E-state index >= 15 is 0 Å². The number of anilines is 1. The summed E-state index contributed by atoms with van der Waals surface area (Å²) in [7, 11) is 0. The highest BCUT2D eigenvalue weighted by atomic mass is 19.4. The largest absolute Gasteiger partial charge is 0.478 e. The van der Waals surface area contributed by atoms with Gasteiger partial charge in [-0.15, -0.1) is 0 Å². The topological polar surface area (TPSA) is 102 Å². The highest BCUT2D eigenvalue weighted by Gasteiger charge is 2.52. The molecule has 0 aliphatic carbocycles. The Bertz CT molecular complexity index is 1470. The number of aromatic carboxylic acids is 1. The molecule has 1 saturated heterocycles. The van der Waals surface area contributed by atoms with Crippen molar-refractivity contribution in [3.05, 3.63) is 100 Å². The van der Waals surface area contributed by atoms with Crippen molar-refractivity contribution in [3.8, 4) is 6.07 Å². The average molecular weight is 521 g/mol. The van der Waals surface area contributed by atoms with E-state index in [4.69, 9.17) is 10.4 Å². The molecule has 1 fully saturated rings. The first-order valence-electron chi connectivity index (χ1n) is 11.5. The summed E-state index contributed by atoms with van der Waals surface area (Å²) in [6.45, 7) is 3.06. The van der Waals surface area contributed by atoms with Crippen LogP contribution in [0.4, 0.5) is 23.7 Å². The Morgan fingerprint density at radius 3 is 2.21 bits per heavy atom. The summed E-state index contributed by atoms with van der Waals surface area (Å²) in [6, 6.07) is 17.1. The van der Waals surface area contributed by atoms with Crippen LogP contribution in [0.1, 0.15) is 52.0 Å². The number of carboxylic acids is 1. The van der Waals surface area contributed by atoms with Gasteiger partial charge in [0.15, 0.2) is 0 Å². The monoisotopic (exact) mass is 521 g/mol. The number of alkyl halides is 3. The predicted molar refractivity (Wildman–Crippen MR) is 131 cm³/mol. The lowest BCUT2D eigenvalue weighted by Crippen LogP contribution is -2.43. The molecule has 1 aliphatic rings. The van der Waals surface area contributed by atoms with Gasteiger partial charge in [-0.25, -0.2) is 14.5 Å². The molecule has 0 saturated carbocycles. The van der Waals surface area contributed by atoms with Gasteiger partial charge in [0.05, 0.1) is 28.4 Å². The first-order chi connectivity index (χ1) is 17.8. The predicted octanol–water partition coefficient (Wildman–Crippen LogP) is 5.61. The second-order valence-electron chi connectivity index (χ2n) is 9.36. The summed E-state index contributed by atoms with van der Waals surface area (Å²) >= 11 is 0. The SMILES string of the molecule is CC1(C)C(=O)N(c2ccc(C#N)c(C(F)(F)F)c2)C(=O)N1Cc1ccccc1Cc1ccc(C(=O)O)cc1. The minimum absolute atomic E-state index is 0.0138. The van der Waals surface area contributed by atoms with E-state index < -0.39 is 40.7 Å². The molecular weight excluding hydrogens is 499 g/mol. The second-order valence-corrected chi connectivity index (χ2v) is 9.36. The number of imide groups is 1. The van der Waals surface area contributed by atoms with Gasteiger partial charge in [-0.05, 0) is 67.3 Å². The molecule has 0 radical (unpaired) electrons. The van der Waals surface area contributed by atoms with E-state index in [9.17, 15) is 27.6 Å². The maximum absolute atomic E-state index is 13.5. The summed E-state index contributed by atoms with van der Waals surface area (Å²) < 4.78 is 40.6. The van der Waals surface area contributed by atoms with Crippen molar-refractivity contribution in [2.75, 3.05) is 4.90 Å². The summed E-state index contributed by atoms with van der Waals surface area (Å²) in [5.41, 5.74) is -0.917. The van der Waals surface area contributed by atoms with Crippen LogP contribution < -0.4 is 4.90 Å². The molecule has 194 valence electrons. The van der Waals surface area contributed by atoms with E-state index in [0.29, 0.717) is 17.4 Å². The van der Waals surface area contributed by atoms with Crippen LogP contribution in [-0.2, 0) is 23.9 Å². The van der Waals surface area contributed by atoms with Gasteiger partial charge in [0, 0.05) is 6.54 Å². The molecule has 7 nitrogen and oxygen atoms in total. The first kappa shape index (κ1) is 26.4. The third-order valence-corrected chi connectivity index (χ3v) is 6.55. The lowest BCUT2D eigenvalue weighted by molar-refractivity contribution is -0.137. The van der Waals surface area contributed by atoms with Crippen LogP contribution in [0.5, 0.6) is 0 Å². The molecule has 0 atom stereocenters. The smallest absolute Gasteiger partial charge is 0.417 e. The third-order valence-electron chi connectivity index (χ3n) is 6.55. The molecule has 0 bridgehead atoms. The van der Waals surface area contributed by atoms with Crippen molar-refractivity contribution in [3.63, 3.8) is 0 Å². The molecule has 0 spiro atoms. The third kappa shape index (κ3) is 4.83. The zero-order chi connectivity index (χ0) is 27.8. The van der Waals surface area contributed by atoms with Gasteiger partial charge in [0.1, 0.15) is 5.54 Å². The maximum Gasteiger partial charge on any atom is 0.417 e. The Morgan fingerprint density at radius 1 is 1.00 bits per heavy atom.